The monoisotopic (exact) mass is 244 g/mol. The zero-order valence-electron chi connectivity index (χ0n) is 8.50. The van der Waals surface area contributed by atoms with E-state index >= 15 is 0 Å². The molecule has 2 nitrogen and oxygen atoms in total. The number of halogens is 1. The Morgan fingerprint density at radius 1 is 1.62 bits per heavy atom. The first-order valence-electron chi connectivity index (χ1n) is 4.75. The highest BCUT2D eigenvalue weighted by Gasteiger charge is 2.12. The molecule has 1 aromatic rings. The van der Waals surface area contributed by atoms with Gasteiger partial charge in [0.2, 0.25) is 0 Å². The largest absolute Gasteiger partial charge is 0.276 e. The molecule has 1 heterocycles. The third-order valence-electron chi connectivity index (χ3n) is 2.32. The first kappa shape index (κ1) is 10.8. The van der Waals surface area contributed by atoms with E-state index in [9.17, 15) is 0 Å². The molecule has 0 aliphatic carbocycles. The lowest BCUT2D eigenvalue weighted by molar-refractivity contribution is 0.545. The van der Waals surface area contributed by atoms with Gasteiger partial charge in [0.05, 0.1) is 6.20 Å². The summed E-state index contributed by atoms with van der Waals surface area (Å²) in [5.41, 5.74) is 1.33. The number of aromatic nitrogens is 2. The maximum atomic E-state index is 4.16. The topological polar surface area (TPSA) is 17.8 Å². The third kappa shape index (κ3) is 3.14. The summed E-state index contributed by atoms with van der Waals surface area (Å²) < 4.78 is 1.86. The molecule has 0 saturated heterocycles. The standard InChI is InChI=1S/C10H17BrN2/c1-4-10(11)8(2)5-9-6-12-13(3)7-9/h6-8,10H,4-5H2,1-3H3. The van der Waals surface area contributed by atoms with E-state index in [1.807, 2.05) is 17.9 Å². The molecule has 0 radical (unpaired) electrons. The lowest BCUT2D eigenvalue weighted by atomic mass is 9.99. The summed E-state index contributed by atoms with van der Waals surface area (Å²) in [6, 6.07) is 0. The van der Waals surface area contributed by atoms with Crippen LogP contribution < -0.4 is 0 Å². The minimum Gasteiger partial charge on any atom is -0.276 e. The molecule has 0 aliphatic rings. The second-order valence-electron chi connectivity index (χ2n) is 3.63. The van der Waals surface area contributed by atoms with Crippen molar-refractivity contribution in [3.05, 3.63) is 18.0 Å². The smallest absolute Gasteiger partial charge is 0.0521 e. The normalized spacial score (nSPS) is 15.7. The summed E-state index contributed by atoms with van der Waals surface area (Å²) in [6.45, 7) is 4.48. The Bertz CT molecular complexity index is 257. The van der Waals surface area contributed by atoms with E-state index < -0.39 is 0 Å². The summed E-state index contributed by atoms with van der Waals surface area (Å²) in [4.78, 5) is 0.618. The van der Waals surface area contributed by atoms with Gasteiger partial charge in [-0.3, -0.25) is 4.68 Å². The number of rotatable bonds is 4. The van der Waals surface area contributed by atoms with Gasteiger partial charge in [-0.25, -0.2) is 0 Å². The Morgan fingerprint density at radius 2 is 2.31 bits per heavy atom. The molecule has 0 N–H and O–H groups in total. The third-order valence-corrected chi connectivity index (χ3v) is 3.87. The summed E-state index contributed by atoms with van der Waals surface area (Å²) >= 11 is 3.68. The van der Waals surface area contributed by atoms with Crippen LogP contribution in [0.3, 0.4) is 0 Å². The molecule has 2 atom stereocenters. The molecule has 0 saturated carbocycles. The summed E-state index contributed by atoms with van der Waals surface area (Å²) in [5.74, 6) is 0.675. The van der Waals surface area contributed by atoms with E-state index in [0.29, 0.717) is 10.7 Å². The van der Waals surface area contributed by atoms with Crippen LogP contribution in [0.5, 0.6) is 0 Å². The minimum absolute atomic E-state index is 0.618. The average Bonchev–Trinajstić information content (AvgIpc) is 2.49. The molecule has 2 unspecified atom stereocenters. The Morgan fingerprint density at radius 3 is 2.77 bits per heavy atom. The molecule has 0 spiro atoms. The van der Waals surface area contributed by atoms with Gasteiger partial charge in [-0.1, -0.05) is 29.8 Å². The highest BCUT2D eigenvalue weighted by atomic mass is 79.9. The van der Waals surface area contributed by atoms with Crippen molar-refractivity contribution in [1.29, 1.82) is 0 Å². The van der Waals surface area contributed by atoms with Crippen molar-refractivity contribution >= 4 is 15.9 Å². The maximum absolute atomic E-state index is 4.16. The van der Waals surface area contributed by atoms with Gasteiger partial charge in [-0.15, -0.1) is 0 Å². The molecule has 0 aliphatic heterocycles. The van der Waals surface area contributed by atoms with Gasteiger partial charge >= 0.3 is 0 Å². The molecule has 1 rings (SSSR count). The minimum atomic E-state index is 0.618. The molecular weight excluding hydrogens is 228 g/mol. The number of aryl methyl sites for hydroxylation is 1. The number of hydrogen-bond acceptors (Lipinski definition) is 1. The Hall–Kier alpha value is -0.310. The first-order valence-corrected chi connectivity index (χ1v) is 5.66. The molecule has 3 heteroatoms. The van der Waals surface area contributed by atoms with Crippen LogP contribution in [0.4, 0.5) is 0 Å². The molecule has 0 bridgehead atoms. The fraction of sp³-hybridized carbons (Fsp3) is 0.700. The summed E-state index contributed by atoms with van der Waals surface area (Å²) in [5, 5.41) is 4.16. The Labute approximate surface area is 88.5 Å². The van der Waals surface area contributed by atoms with E-state index in [4.69, 9.17) is 0 Å². The molecule has 1 aromatic heterocycles. The van der Waals surface area contributed by atoms with Gasteiger partial charge in [-0.05, 0) is 24.3 Å². The Balaban J connectivity index is 2.49. The van der Waals surface area contributed by atoms with E-state index in [-0.39, 0.29) is 0 Å². The summed E-state index contributed by atoms with van der Waals surface area (Å²) in [6.07, 6.45) is 6.33. The predicted molar refractivity (Wildman–Crippen MR) is 59.1 cm³/mol. The van der Waals surface area contributed by atoms with E-state index in [1.54, 1.807) is 0 Å². The highest BCUT2D eigenvalue weighted by Crippen LogP contribution is 2.20. The average molecular weight is 245 g/mol. The van der Waals surface area contributed by atoms with Crippen molar-refractivity contribution < 1.29 is 0 Å². The molecule has 74 valence electrons. The first-order chi connectivity index (χ1) is 6.13. The zero-order valence-corrected chi connectivity index (χ0v) is 10.1. The lowest BCUT2D eigenvalue weighted by Gasteiger charge is -2.15. The molecule has 0 fully saturated rings. The van der Waals surface area contributed by atoms with Crippen molar-refractivity contribution in [2.45, 2.75) is 31.5 Å². The van der Waals surface area contributed by atoms with Crippen molar-refractivity contribution in [2.75, 3.05) is 0 Å². The highest BCUT2D eigenvalue weighted by molar-refractivity contribution is 9.09. The van der Waals surface area contributed by atoms with Crippen LogP contribution in [0, 0.1) is 5.92 Å². The van der Waals surface area contributed by atoms with Crippen LogP contribution >= 0.6 is 15.9 Å². The van der Waals surface area contributed by atoms with Gasteiger partial charge in [0.25, 0.3) is 0 Å². The second kappa shape index (κ2) is 4.80. The number of hydrogen-bond donors (Lipinski definition) is 0. The van der Waals surface area contributed by atoms with Crippen LogP contribution in [0.1, 0.15) is 25.8 Å². The van der Waals surface area contributed by atoms with E-state index in [1.165, 1.54) is 12.0 Å². The van der Waals surface area contributed by atoms with Gasteiger partial charge < -0.3 is 0 Å². The van der Waals surface area contributed by atoms with E-state index in [0.717, 1.165) is 6.42 Å². The van der Waals surface area contributed by atoms with Crippen LogP contribution in [-0.4, -0.2) is 14.6 Å². The van der Waals surface area contributed by atoms with Gasteiger partial charge in [0.15, 0.2) is 0 Å². The van der Waals surface area contributed by atoms with Crippen LogP contribution in [0.25, 0.3) is 0 Å². The van der Waals surface area contributed by atoms with Crippen molar-refractivity contribution in [3.63, 3.8) is 0 Å². The maximum Gasteiger partial charge on any atom is 0.0521 e. The van der Waals surface area contributed by atoms with Crippen molar-refractivity contribution in [3.8, 4) is 0 Å². The fourth-order valence-electron chi connectivity index (χ4n) is 1.48. The second-order valence-corrected chi connectivity index (χ2v) is 4.80. The molecule has 0 aromatic carbocycles. The SMILES string of the molecule is CCC(Br)C(C)Cc1cnn(C)c1. The quantitative estimate of drug-likeness (QED) is 0.746. The van der Waals surface area contributed by atoms with E-state index in [2.05, 4.69) is 41.1 Å². The summed E-state index contributed by atoms with van der Waals surface area (Å²) in [7, 11) is 1.96. The zero-order chi connectivity index (χ0) is 9.84. The van der Waals surface area contributed by atoms with Crippen LogP contribution in [0.2, 0.25) is 0 Å². The molecular formula is C10H17BrN2. The Kier molecular flexibility index (Phi) is 3.97. The lowest BCUT2D eigenvalue weighted by Crippen LogP contribution is -2.12. The van der Waals surface area contributed by atoms with Crippen molar-refractivity contribution in [1.82, 2.24) is 9.78 Å². The predicted octanol–water partition coefficient (Wildman–Crippen LogP) is 2.77. The fourth-order valence-corrected chi connectivity index (χ4v) is 1.67. The molecule has 0 amide bonds. The van der Waals surface area contributed by atoms with Crippen LogP contribution in [-0.2, 0) is 13.5 Å². The number of alkyl halides is 1. The van der Waals surface area contributed by atoms with Gasteiger partial charge in [-0.2, -0.15) is 5.10 Å². The number of nitrogens with zero attached hydrogens (tertiary/aromatic N) is 2. The molecule has 13 heavy (non-hydrogen) atoms. The van der Waals surface area contributed by atoms with Crippen LogP contribution in [0.15, 0.2) is 12.4 Å². The van der Waals surface area contributed by atoms with Gasteiger partial charge in [0.1, 0.15) is 0 Å². The van der Waals surface area contributed by atoms with Crippen molar-refractivity contribution in [2.24, 2.45) is 13.0 Å². The van der Waals surface area contributed by atoms with Gasteiger partial charge in [0, 0.05) is 18.1 Å².